The van der Waals surface area contributed by atoms with Crippen LogP contribution in [0.2, 0.25) is 0 Å². The summed E-state index contributed by atoms with van der Waals surface area (Å²) < 4.78 is 0. The Hall–Kier alpha value is -0.0800. The van der Waals surface area contributed by atoms with Gasteiger partial charge in [-0.2, -0.15) is 0 Å². The first-order valence-corrected chi connectivity index (χ1v) is 7.13. The highest BCUT2D eigenvalue weighted by Gasteiger charge is 2.69. The van der Waals surface area contributed by atoms with Crippen LogP contribution in [0, 0.1) is 29.1 Å². The first-order chi connectivity index (χ1) is 7.68. The van der Waals surface area contributed by atoms with Crippen LogP contribution in [0.1, 0.15) is 53.4 Å². The number of rotatable bonds is 0. The molecule has 17 heavy (non-hydrogen) atoms. The maximum atomic E-state index is 10.7. The molecule has 0 aliphatic heterocycles. The smallest absolute Gasteiger partial charge is 0.0654 e. The van der Waals surface area contributed by atoms with E-state index in [1.165, 1.54) is 0 Å². The van der Waals surface area contributed by atoms with E-state index in [0.29, 0.717) is 29.1 Å². The molecule has 0 saturated heterocycles. The maximum Gasteiger partial charge on any atom is 0.0654 e. The van der Waals surface area contributed by atoms with Crippen molar-refractivity contribution in [2.75, 3.05) is 0 Å². The zero-order valence-corrected chi connectivity index (χ0v) is 11.5. The summed E-state index contributed by atoms with van der Waals surface area (Å²) in [5.41, 5.74) is -0.738. The summed E-state index contributed by atoms with van der Waals surface area (Å²) in [7, 11) is 0. The molecule has 0 heterocycles. The molecule has 0 aromatic rings. The van der Waals surface area contributed by atoms with Crippen molar-refractivity contribution in [3.8, 4) is 0 Å². The Balaban J connectivity index is 1.99. The summed E-state index contributed by atoms with van der Waals surface area (Å²) in [4.78, 5) is 0. The minimum Gasteiger partial charge on any atom is -0.390 e. The van der Waals surface area contributed by atoms with Gasteiger partial charge in [-0.15, -0.1) is 0 Å². The van der Waals surface area contributed by atoms with E-state index in [4.69, 9.17) is 0 Å². The van der Waals surface area contributed by atoms with Crippen molar-refractivity contribution >= 4 is 0 Å². The lowest BCUT2D eigenvalue weighted by Gasteiger charge is -2.37. The van der Waals surface area contributed by atoms with E-state index in [1.54, 1.807) is 0 Å². The SMILES string of the molecule is CC1(C)C2CC[C@@](C)(O)[C@@H]3CC[C@@](C)(O)[C@H]3C21. The lowest BCUT2D eigenvalue weighted by atomic mass is 9.73. The van der Waals surface area contributed by atoms with Gasteiger partial charge in [-0.3, -0.25) is 0 Å². The molecule has 3 fully saturated rings. The standard InChI is InChI=1S/C15H26O2/c1-13(2)9-5-7-14(3,16)10-6-8-15(4,17)12(10)11(9)13/h9-12,16-17H,5-8H2,1-4H3/t9?,10-,11?,12-,14-,15-/m1/s1. The Kier molecular flexibility index (Phi) is 2.17. The highest BCUT2D eigenvalue weighted by atomic mass is 16.3. The zero-order valence-electron chi connectivity index (χ0n) is 11.5. The molecule has 3 aliphatic rings. The summed E-state index contributed by atoms with van der Waals surface area (Å²) in [6.07, 6.45) is 3.89. The Morgan fingerprint density at radius 1 is 0.765 bits per heavy atom. The third-order valence-corrected chi connectivity index (χ3v) is 6.40. The van der Waals surface area contributed by atoms with Gasteiger partial charge in [0.15, 0.2) is 0 Å². The van der Waals surface area contributed by atoms with Crippen molar-refractivity contribution < 1.29 is 10.2 Å². The molecular weight excluding hydrogens is 212 g/mol. The predicted octanol–water partition coefficient (Wildman–Crippen LogP) is 2.58. The molecule has 0 radical (unpaired) electrons. The number of aliphatic hydroxyl groups is 2. The average Bonchev–Trinajstić information content (AvgIpc) is 2.59. The largest absolute Gasteiger partial charge is 0.390 e. The maximum absolute atomic E-state index is 10.7. The lowest BCUT2D eigenvalue weighted by Crippen LogP contribution is -2.43. The molecule has 6 atom stereocenters. The van der Waals surface area contributed by atoms with Gasteiger partial charge in [0, 0.05) is 0 Å². The van der Waals surface area contributed by atoms with Crippen molar-refractivity contribution in [2.24, 2.45) is 29.1 Å². The van der Waals surface area contributed by atoms with Crippen LogP contribution in [0.25, 0.3) is 0 Å². The van der Waals surface area contributed by atoms with E-state index in [0.717, 1.165) is 25.7 Å². The summed E-state index contributed by atoms with van der Waals surface area (Å²) in [5, 5.41) is 21.3. The van der Waals surface area contributed by atoms with Crippen molar-refractivity contribution in [3.05, 3.63) is 0 Å². The Labute approximate surface area is 104 Å². The molecule has 3 rings (SSSR count). The summed E-state index contributed by atoms with van der Waals surface area (Å²) in [6, 6.07) is 0. The fourth-order valence-electron chi connectivity index (χ4n) is 5.25. The molecule has 3 aliphatic carbocycles. The topological polar surface area (TPSA) is 40.5 Å². The summed E-state index contributed by atoms with van der Waals surface area (Å²) in [5.74, 6) is 1.95. The normalized spacial score (nSPS) is 60.4. The van der Waals surface area contributed by atoms with E-state index < -0.39 is 11.2 Å². The molecule has 2 heteroatoms. The molecule has 2 N–H and O–H groups in total. The summed E-state index contributed by atoms with van der Waals surface area (Å²) in [6.45, 7) is 8.66. The molecule has 0 aromatic heterocycles. The van der Waals surface area contributed by atoms with Crippen molar-refractivity contribution in [1.82, 2.24) is 0 Å². The first kappa shape index (κ1) is 12.0. The van der Waals surface area contributed by atoms with Crippen LogP contribution in [0.4, 0.5) is 0 Å². The minimum atomic E-state index is -0.561. The van der Waals surface area contributed by atoms with Gasteiger partial charge in [0.1, 0.15) is 0 Å². The number of hydrogen-bond donors (Lipinski definition) is 2. The molecule has 0 spiro atoms. The van der Waals surface area contributed by atoms with Crippen molar-refractivity contribution in [2.45, 2.75) is 64.6 Å². The van der Waals surface area contributed by atoms with E-state index in [-0.39, 0.29) is 0 Å². The molecule has 2 nitrogen and oxygen atoms in total. The average molecular weight is 238 g/mol. The van der Waals surface area contributed by atoms with E-state index >= 15 is 0 Å². The van der Waals surface area contributed by atoms with Gasteiger partial charge in [-0.25, -0.2) is 0 Å². The second kappa shape index (κ2) is 3.08. The quantitative estimate of drug-likeness (QED) is 0.681. The van der Waals surface area contributed by atoms with Crippen LogP contribution in [0.5, 0.6) is 0 Å². The number of hydrogen-bond acceptors (Lipinski definition) is 2. The van der Waals surface area contributed by atoms with Crippen LogP contribution in [-0.4, -0.2) is 21.4 Å². The molecule has 0 amide bonds. The van der Waals surface area contributed by atoms with Gasteiger partial charge in [-0.1, -0.05) is 13.8 Å². The molecule has 3 saturated carbocycles. The third kappa shape index (κ3) is 1.46. The zero-order chi connectivity index (χ0) is 12.6. The van der Waals surface area contributed by atoms with E-state index in [2.05, 4.69) is 13.8 Å². The first-order valence-electron chi connectivity index (χ1n) is 7.13. The molecule has 2 unspecified atom stereocenters. The lowest BCUT2D eigenvalue weighted by molar-refractivity contribution is -0.0663. The molecule has 0 bridgehead atoms. The predicted molar refractivity (Wildman–Crippen MR) is 67.5 cm³/mol. The Morgan fingerprint density at radius 3 is 1.94 bits per heavy atom. The fourth-order valence-corrected chi connectivity index (χ4v) is 5.25. The van der Waals surface area contributed by atoms with Crippen molar-refractivity contribution in [1.29, 1.82) is 0 Å². The third-order valence-electron chi connectivity index (χ3n) is 6.40. The second-order valence-corrected chi connectivity index (χ2v) is 7.88. The van der Waals surface area contributed by atoms with Crippen molar-refractivity contribution in [3.63, 3.8) is 0 Å². The highest BCUT2D eigenvalue weighted by Crippen LogP contribution is 2.71. The van der Waals surface area contributed by atoms with E-state index in [9.17, 15) is 10.2 Å². The minimum absolute atomic E-state index is 0.300. The molecular formula is C15H26O2. The number of fused-ring (bicyclic) bond motifs is 3. The van der Waals surface area contributed by atoms with Crippen LogP contribution in [-0.2, 0) is 0 Å². The van der Waals surface area contributed by atoms with Gasteiger partial charge < -0.3 is 10.2 Å². The second-order valence-electron chi connectivity index (χ2n) is 7.88. The molecule has 0 aromatic carbocycles. The van der Waals surface area contributed by atoms with Crippen LogP contribution in [0.3, 0.4) is 0 Å². The monoisotopic (exact) mass is 238 g/mol. The highest BCUT2D eigenvalue weighted by molar-refractivity contribution is 5.18. The van der Waals surface area contributed by atoms with Crippen LogP contribution in [0.15, 0.2) is 0 Å². The van der Waals surface area contributed by atoms with Gasteiger partial charge in [0.05, 0.1) is 11.2 Å². The fraction of sp³-hybridized carbons (Fsp3) is 1.00. The Bertz CT molecular complexity index is 343. The Morgan fingerprint density at radius 2 is 1.29 bits per heavy atom. The van der Waals surface area contributed by atoms with Gasteiger partial charge in [-0.05, 0) is 68.6 Å². The van der Waals surface area contributed by atoms with E-state index in [1.807, 2.05) is 13.8 Å². The van der Waals surface area contributed by atoms with Crippen LogP contribution < -0.4 is 0 Å². The van der Waals surface area contributed by atoms with Gasteiger partial charge in [0.25, 0.3) is 0 Å². The van der Waals surface area contributed by atoms with Gasteiger partial charge >= 0.3 is 0 Å². The van der Waals surface area contributed by atoms with Crippen LogP contribution >= 0.6 is 0 Å². The van der Waals surface area contributed by atoms with Gasteiger partial charge in [0.2, 0.25) is 0 Å². The molecule has 98 valence electrons. The summed E-state index contributed by atoms with van der Waals surface area (Å²) >= 11 is 0.